The summed E-state index contributed by atoms with van der Waals surface area (Å²) in [6.45, 7) is 4.36. The highest BCUT2D eigenvalue weighted by molar-refractivity contribution is 5.82. The minimum atomic E-state index is -1.07. The molecule has 7 heteroatoms. The van der Waals surface area contributed by atoms with Crippen LogP contribution in [0.5, 0.6) is 0 Å². The molecule has 0 saturated carbocycles. The highest BCUT2D eigenvalue weighted by Crippen LogP contribution is 2.01. The van der Waals surface area contributed by atoms with Gasteiger partial charge in [-0.15, -0.1) is 0 Å². The Kier molecular flexibility index (Phi) is 8.06. The Bertz CT molecular complexity index is 272. The summed E-state index contributed by atoms with van der Waals surface area (Å²) in [5.41, 5.74) is 0. The van der Waals surface area contributed by atoms with Gasteiger partial charge in [0.2, 0.25) is 0 Å². The molecule has 2 amide bonds. The number of carboxylic acids is 1. The van der Waals surface area contributed by atoms with Crippen LogP contribution in [0.3, 0.4) is 0 Å². The molecule has 0 spiro atoms. The van der Waals surface area contributed by atoms with Crippen molar-refractivity contribution in [2.45, 2.75) is 25.9 Å². The topological polar surface area (TPSA) is 88.1 Å². The number of methoxy groups -OCH3 is 2. The number of ether oxygens (including phenoxy) is 2. The van der Waals surface area contributed by atoms with Gasteiger partial charge in [0, 0.05) is 20.8 Å². The van der Waals surface area contributed by atoms with E-state index in [1.807, 2.05) is 6.92 Å². The molecule has 0 heterocycles. The number of nitrogens with one attached hydrogen (secondary N) is 1. The van der Waals surface area contributed by atoms with Crippen LogP contribution in [0.15, 0.2) is 0 Å². The highest BCUT2D eigenvalue weighted by Gasteiger charge is 2.23. The second kappa shape index (κ2) is 8.71. The molecule has 2 atom stereocenters. The normalized spacial score (nSPS) is 13.8. The van der Waals surface area contributed by atoms with E-state index in [-0.39, 0.29) is 6.04 Å². The molecule has 0 aliphatic rings. The fraction of sp³-hybridized carbons (Fsp3) is 0.818. The Morgan fingerprint density at radius 1 is 1.28 bits per heavy atom. The SMILES string of the molecule is COCCN(C(=O)N[C@@H](C)C(=O)O)C(C)COC. The second-order valence-electron chi connectivity index (χ2n) is 4.00. The van der Waals surface area contributed by atoms with Gasteiger partial charge in [0.1, 0.15) is 6.04 Å². The Morgan fingerprint density at radius 3 is 2.33 bits per heavy atom. The van der Waals surface area contributed by atoms with Gasteiger partial charge in [-0.1, -0.05) is 0 Å². The molecule has 0 aromatic heterocycles. The summed E-state index contributed by atoms with van der Waals surface area (Å²) in [6, 6.07) is -1.53. The molecule has 0 aromatic rings. The fourth-order valence-electron chi connectivity index (χ4n) is 1.37. The zero-order valence-corrected chi connectivity index (χ0v) is 11.3. The molecule has 0 radical (unpaired) electrons. The van der Waals surface area contributed by atoms with Gasteiger partial charge in [0.05, 0.1) is 19.3 Å². The average molecular weight is 262 g/mol. The van der Waals surface area contributed by atoms with Crippen LogP contribution in [0, 0.1) is 0 Å². The maximum absolute atomic E-state index is 11.9. The predicted molar refractivity (Wildman–Crippen MR) is 65.5 cm³/mol. The molecule has 0 rings (SSSR count). The summed E-state index contributed by atoms with van der Waals surface area (Å²) in [5, 5.41) is 11.2. The molecule has 0 bridgehead atoms. The Labute approximate surface area is 107 Å². The van der Waals surface area contributed by atoms with E-state index in [1.54, 1.807) is 7.11 Å². The lowest BCUT2D eigenvalue weighted by atomic mass is 10.3. The van der Waals surface area contributed by atoms with Gasteiger partial charge < -0.3 is 24.8 Å². The predicted octanol–water partition coefficient (Wildman–Crippen LogP) is 0.152. The molecular weight excluding hydrogens is 240 g/mol. The molecule has 7 nitrogen and oxygen atoms in total. The van der Waals surface area contributed by atoms with Crippen molar-refractivity contribution in [1.82, 2.24) is 10.2 Å². The van der Waals surface area contributed by atoms with Gasteiger partial charge in [0.15, 0.2) is 0 Å². The third-order valence-corrected chi connectivity index (χ3v) is 2.45. The lowest BCUT2D eigenvalue weighted by Gasteiger charge is -2.29. The van der Waals surface area contributed by atoms with Crippen molar-refractivity contribution >= 4 is 12.0 Å². The highest BCUT2D eigenvalue weighted by atomic mass is 16.5. The van der Waals surface area contributed by atoms with E-state index in [0.717, 1.165) is 0 Å². The van der Waals surface area contributed by atoms with E-state index in [9.17, 15) is 9.59 Å². The van der Waals surface area contributed by atoms with Gasteiger partial charge in [-0.25, -0.2) is 4.79 Å². The molecule has 0 aliphatic carbocycles. The van der Waals surface area contributed by atoms with Crippen LogP contribution >= 0.6 is 0 Å². The minimum absolute atomic E-state index is 0.161. The van der Waals surface area contributed by atoms with Crippen LogP contribution in [-0.4, -0.2) is 68.1 Å². The van der Waals surface area contributed by atoms with E-state index in [2.05, 4.69) is 5.32 Å². The van der Waals surface area contributed by atoms with Crippen molar-refractivity contribution in [3.8, 4) is 0 Å². The number of hydrogen-bond acceptors (Lipinski definition) is 4. The number of rotatable bonds is 8. The smallest absolute Gasteiger partial charge is 0.325 e. The van der Waals surface area contributed by atoms with E-state index < -0.39 is 18.0 Å². The van der Waals surface area contributed by atoms with Crippen LogP contribution in [-0.2, 0) is 14.3 Å². The molecule has 1 unspecified atom stereocenters. The summed E-state index contributed by atoms with van der Waals surface area (Å²) in [7, 11) is 3.08. The number of urea groups is 1. The van der Waals surface area contributed by atoms with E-state index >= 15 is 0 Å². The van der Waals surface area contributed by atoms with Gasteiger partial charge in [0.25, 0.3) is 0 Å². The first kappa shape index (κ1) is 16.7. The number of amides is 2. The summed E-state index contributed by atoms with van der Waals surface area (Å²) < 4.78 is 9.91. The number of carboxylic acid groups (broad SMARTS) is 1. The van der Waals surface area contributed by atoms with Crippen molar-refractivity contribution < 1.29 is 24.2 Å². The lowest BCUT2D eigenvalue weighted by Crippen LogP contribution is -2.51. The summed E-state index contributed by atoms with van der Waals surface area (Å²) >= 11 is 0. The van der Waals surface area contributed by atoms with Crippen LogP contribution in [0.4, 0.5) is 4.79 Å². The van der Waals surface area contributed by atoms with Crippen molar-refractivity contribution in [2.75, 3.05) is 34.0 Å². The number of hydrogen-bond donors (Lipinski definition) is 2. The van der Waals surface area contributed by atoms with Crippen molar-refractivity contribution in [2.24, 2.45) is 0 Å². The number of nitrogens with zero attached hydrogens (tertiary/aromatic N) is 1. The van der Waals surface area contributed by atoms with Gasteiger partial charge in [-0.3, -0.25) is 4.79 Å². The zero-order valence-electron chi connectivity index (χ0n) is 11.3. The Morgan fingerprint density at radius 2 is 1.89 bits per heavy atom. The van der Waals surface area contributed by atoms with E-state index in [1.165, 1.54) is 18.9 Å². The number of carbonyl (C=O) groups excluding carboxylic acids is 1. The Hall–Kier alpha value is -1.34. The van der Waals surface area contributed by atoms with Gasteiger partial charge in [-0.2, -0.15) is 0 Å². The van der Waals surface area contributed by atoms with Crippen molar-refractivity contribution in [3.05, 3.63) is 0 Å². The number of aliphatic carboxylic acids is 1. The maximum atomic E-state index is 11.9. The van der Waals surface area contributed by atoms with Crippen LogP contribution in [0.2, 0.25) is 0 Å². The molecule has 0 fully saturated rings. The van der Waals surface area contributed by atoms with Crippen LogP contribution < -0.4 is 5.32 Å². The third kappa shape index (κ3) is 5.83. The standard InChI is InChI=1S/C11H22N2O5/c1-8(7-18-4)13(5-6-17-3)11(16)12-9(2)10(14)15/h8-9H,5-7H2,1-4H3,(H,12,16)(H,14,15)/t8?,9-/m0/s1. The molecule has 2 N–H and O–H groups in total. The quantitative estimate of drug-likeness (QED) is 0.650. The summed E-state index contributed by atoms with van der Waals surface area (Å²) in [4.78, 5) is 24.1. The van der Waals surface area contributed by atoms with Crippen molar-refractivity contribution in [1.29, 1.82) is 0 Å². The summed E-state index contributed by atoms with van der Waals surface area (Å²) in [5.74, 6) is -1.07. The Balaban J connectivity index is 4.52. The van der Waals surface area contributed by atoms with Crippen molar-refractivity contribution in [3.63, 3.8) is 0 Å². The first-order valence-corrected chi connectivity index (χ1v) is 5.71. The first-order chi connectivity index (χ1) is 8.43. The molecule has 18 heavy (non-hydrogen) atoms. The molecule has 0 aliphatic heterocycles. The first-order valence-electron chi connectivity index (χ1n) is 5.71. The van der Waals surface area contributed by atoms with Crippen LogP contribution in [0.25, 0.3) is 0 Å². The van der Waals surface area contributed by atoms with E-state index in [4.69, 9.17) is 14.6 Å². The zero-order chi connectivity index (χ0) is 14.1. The second-order valence-corrected chi connectivity index (χ2v) is 4.00. The fourth-order valence-corrected chi connectivity index (χ4v) is 1.37. The largest absolute Gasteiger partial charge is 0.480 e. The summed E-state index contributed by atoms with van der Waals surface area (Å²) in [6.07, 6.45) is 0. The van der Waals surface area contributed by atoms with Gasteiger partial charge in [-0.05, 0) is 13.8 Å². The molecule has 0 saturated heterocycles. The minimum Gasteiger partial charge on any atom is -0.480 e. The monoisotopic (exact) mass is 262 g/mol. The molecule has 106 valence electrons. The van der Waals surface area contributed by atoms with E-state index in [0.29, 0.717) is 19.8 Å². The number of carbonyl (C=O) groups is 2. The third-order valence-electron chi connectivity index (χ3n) is 2.45. The lowest BCUT2D eigenvalue weighted by molar-refractivity contribution is -0.138. The molecule has 0 aromatic carbocycles. The molecular formula is C11H22N2O5. The van der Waals surface area contributed by atoms with Gasteiger partial charge >= 0.3 is 12.0 Å². The maximum Gasteiger partial charge on any atom is 0.325 e. The average Bonchev–Trinajstić information content (AvgIpc) is 2.29. The van der Waals surface area contributed by atoms with Crippen LogP contribution in [0.1, 0.15) is 13.8 Å².